The summed E-state index contributed by atoms with van der Waals surface area (Å²) in [6.07, 6.45) is 13.0. The van der Waals surface area contributed by atoms with Gasteiger partial charge >= 0.3 is 5.97 Å². The molecule has 0 fully saturated rings. The first-order valence-corrected chi connectivity index (χ1v) is 22.8. The number of rotatable bonds is 41. The van der Waals surface area contributed by atoms with E-state index in [-0.39, 0.29) is 102 Å². The van der Waals surface area contributed by atoms with E-state index in [1.807, 2.05) is 0 Å². The van der Waals surface area contributed by atoms with Crippen LogP contribution in [0.15, 0.2) is 24.3 Å². The van der Waals surface area contributed by atoms with E-state index in [9.17, 15) is 42.6 Å². The molecule has 0 radical (unpaired) electrons. The number of amides is 3. The number of aliphatic hydroxyl groups excluding tert-OH is 1. The van der Waals surface area contributed by atoms with Crippen LogP contribution in [0.3, 0.4) is 0 Å². The first-order valence-electron chi connectivity index (χ1n) is 21.2. The number of nitrogens with one attached hydrogen (secondary N) is 4. The summed E-state index contributed by atoms with van der Waals surface area (Å²) in [7, 11) is -3.84. The lowest BCUT2D eigenvalue weighted by Gasteiger charge is -2.18. The molecule has 1 aromatic rings. The molecule has 0 saturated carbocycles. The molecule has 2 atom stereocenters. The largest absolute Gasteiger partial charge is 0.480 e. The predicted molar refractivity (Wildman–Crippen MR) is 224 cm³/mol. The zero-order chi connectivity index (χ0) is 44.1. The quantitative estimate of drug-likeness (QED) is 0.0216. The van der Waals surface area contributed by atoms with Crippen LogP contribution in [0.5, 0.6) is 0 Å². The molecule has 7 N–H and O–H groups in total. The van der Waals surface area contributed by atoms with Crippen LogP contribution >= 0.6 is 0 Å². The van der Waals surface area contributed by atoms with Crippen LogP contribution in [0.25, 0.3) is 0 Å². The maximum absolute atomic E-state index is 12.3. The number of carbonyl (C=O) groups excluding carboxylic acids is 4. The second-order valence-electron chi connectivity index (χ2n) is 14.5. The number of carboxylic acid groups (broad SMARTS) is 1. The van der Waals surface area contributed by atoms with Crippen LogP contribution in [-0.2, 0) is 54.8 Å². The molecular weight excluding hydrogens is 805 g/mol. The van der Waals surface area contributed by atoms with E-state index in [0.717, 1.165) is 82.5 Å². The van der Waals surface area contributed by atoms with Crippen LogP contribution in [0, 0.1) is 0 Å². The Balaban J connectivity index is 1.91. The van der Waals surface area contributed by atoms with Gasteiger partial charge in [0, 0.05) is 31.6 Å². The maximum Gasteiger partial charge on any atom is 0.326 e. The number of benzene rings is 1. The van der Waals surface area contributed by atoms with E-state index in [4.69, 9.17) is 23.5 Å². The molecular formula is C41H70N4O14S. The molecule has 18 nitrogen and oxygen atoms in total. The van der Waals surface area contributed by atoms with E-state index in [1.165, 1.54) is 0 Å². The van der Waals surface area contributed by atoms with Crippen molar-refractivity contribution < 1.29 is 66.1 Å². The lowest BCUT2D eigenvalue weighted by Crippen LogP contribution is -2.42. The van der Waals surface area contributed by atoms with Gasteiger partial charge in [-0.1, -0.05) is 94.9 Å². The van der Waals surface area contributed by atoms with Gasteiger partial charge in [-0.15, -0.1) is 0 Å². The van der Waals surface area contributed by atoms with Gasteiger partial charge < -0.3 is 45.1 Å². The molecule has 0 heterocycles. The van der Waals surface area contributed by atoms with Crippen LogP contribution in [0.1, 0.15) is 119 Å². The molecule has 0 bridgehead atoms. The standard InChI is InChI=1S/C41H70N4O14S/c46-31-35-17-15-34(16-18-35)30-44-40(50)33-59-28-26-57-24-22-43-39(49)32-58-27-25-56-23-21-42-37(47)20-19-36(41(51)52)45-38(48)14-12-10-8-6-4-2-1-3-5-7-9-11-13-29-60(53,54)55/h15-18,31,36-37,42,47H,1-14,19-30,32-33H2,(H,43,49)(H,44,50)(H,45,48)(H,51,52)(H,53,54,55)/t36-,37?/m0/s1. The molecule has 0 spiro atoms. The highest BCUT2D eigenvalue weighted by Gasteiger charge is 2.21. The highest BCUT2D eigenvalue weighted by Crippen LogP contribution is 2.13. The summed E-state index contributed by atoms with van der Waals surface area (Å²) in [5.41, 5.74) is 1.43. The molecule has 60 heavy (non-hydrogen) atoms. The monoisotopic (exact) mass is 874 g/mol. The fourth-order valence-corrected chi connectivity index (χ4v) is 6.38. The van der Waals surface area contributed by atoms with Crippen LogP contribution in [0.2, 0.25) is 0 Å². The molecule has 3 amide bonds. The third-order valence-electron chi connectivity index (χ3n) is 9.18. The molecule has 0 aliphatic carbocycles. The van der Waals surface area contributed by atoms with Crippen molar-refractivity contribution in [2.24, 2.45) is 0 Å². The Bertz CT molecular complexity index is 1420. The van der Waals surface area contributed by atoms with Crippen LogP contribution in [0.4, 0.5) is 0 Å². The van der Waals surface area contributed by atoms with Gasteiger partial charge in [0.05, 0.1) is 45.4 Å². The van der Waals surface area contributed by atoms with E-state index in [2.05, 4.69) is 21.3 Å². The zero-order valence-electron chi connectivity index (χ0n) is 35.1. The van der Waals surface area contributed by atoms with Gasteiger partial charge in [0.15, 0.2) is 0 Å². The van der Waals surface area contributed by atoms with E-state index < -0.39 is 28.4 Å². The smallest absolute Gasteiger partial charge is 0.326 e. The summed E-state index contributed by atoms with van der Waals surface area (Å²) in [6.45, 7) is 2.00. The Morgan fingerprint density at radius 3 is 1.67 bits per heavy atom. The summed E-state index contributed by atoms with van der Waals surface area (Å²) in [4.78, 5) is 58.5. The SMILES string of the molecule is O=Cc1ccc(CNC(=O)COCCOCCNC(=O)COCCOCCNC(O)CC[C@H](NC(=O)CCCCCCCCCCCCCCCS(=O)(=O)O)C(=O)O)cc1. The number of aldehydes is 1. The van der Waals surface area contributed by atoms with Crippen molar-refractivity contribution in [2.45, 2.75) is 122 Å². The van der Waals surface area contributed by atoms with E-state index in [1.54, 1.807) is 24.3 Å². The fourth-order valence-electron chi connectivity index (χ4n) is 5.81. The number of carbonyl (C=O) groups is 5. The molecule has 0 aliphatic heterocycles. The maximum atomic E-state index is 12.3. The molecule has 19 heteroatoms. The molecule has 0 aliphatic rings. The molecule has 344 valence electrons. The first kappa shape index (κ1) is 54.5. The predicted octanol–water partition coefficient (Wildman–Crippen LogP) is 2.90. The summed E-state index contributed by atoms with van der Waals surface area (Å²) < 4.78 is 51.5. The van der Waals surface area contributed by atoms with Gasteiger partial charge in [0.25, 0.3) is 10.1 Å². The minimum atomic E-state index is -3.84. The van der Waals surface area contributed by atoms with Gasteiger partial charge in [-0.3, -0.25) is 29.0 Å². The Kier molecular flexibility index (Phi) is 32.8. The number of unbranched alkanes of at least 4 members (excludes halogenated alkanes) is 12. The van der Waals surface area contributed by atoms with Gasteiger partial charge in [-0.25, -0.2) is 4.79 Å². The highest BCUT2D eigenvalue weighted by atomic mass is 32.2. The van der Waals surface area contributed by atoms with Gasteiger partial charge in [0.1, 0.15) is 31.8 Å². The van der Waals surface area contributed by atoms with Crippen molar-refractivity contribution >= 4 is 40.1 Å². The number of aliphatic hydroxyl groups is 1. The first-order chi connectivity index (χ1) is 28.9. The Hall–Kier alpha value is -3.56. The van der Waals surface area contributed by atoms with E-state index in [0.29, 0.717) is 31.5 Å². The lowest BCUT2D eigenvalue weighted by molar-refractivity contribution is -0.142. The summed E-state index contributed by atoms with van der Waals surface area (Å²) in [6, 6.07) is 5.78. The number of ether oxygens (including phenoxy) is 4. The normalized spacial score (nSPS) is 12.4. The third kappa shape index (κ3) is 34.2. The van der Waals surface area contributed by atoms with Gasteiger partial charge in [-0.2, -0.15) is 8.42 Å². The van der Waals surface area contributed by atoms with Crippen molar-refractivity contribution in [3.63, 3.8) is 0 Å². The third-order valence-corrected chi connectivity index (χ3v) is 9.98. The Morgan fingerprint density at radius 1 is 0.633 bits per heavy atom. The molecule has 0 saturated heterocycles. The summed E-state index contributed by atoms with van der Waals surface area (Å²) in [5, 5.41) is 30.5. The number of carboxylic acids is 1. The second kappa shape index (κ2) is 36.1. The minimum absolute atomic E-state index is 0.0593. The zero-order valence-corrected chi connectivity index (χ0v) is 35.9. The summed E-state index contributed by atoms with van der Waals surface area (Å²) in [5.74, 6) is -2.23. The van der Waals surface area contributed by atoms with Crippen molar-refractivity contribution in [3.05, 3.63) is 35.4 Å². The fraction of sp³-hybridized carbons (Fsp3) is 0.732. The molecule has 0 aromatic heterocycles. The van der Waals surface area contributed by atoms with E-state index >= 15 is 0 Å². The molecule has 1 aromatic carbocycles. The minimum Gasteiger partial charge on any atom is -0.480 e. The average Bonchev–Trinajstić information content (AvgIpc) is 3.21. The van der Waals surface area contributed by atoms with Crippen molar-refractivity contribution in [3.8, 4) is 0 Å². The number of aliphatic carboxylic acids is 1. The van der Waals surface area contributed by atoms with Crippen LogP contribution < -0.4 is 21.3 Å². The summed E-state index contributed by atoms with van der Waals surface area (Å²) >= 11 is 0. The molecule has 1 rings (SSSR count). The van der Waals surface area contributed by atoms with Gasteiger partial charge in [0.2, 0.25) is 17.7 Å². The van der Waals surface area contributed by atoms with Crippen molar-refractivity contribution in [1.29, 1.82) is 0 Å². The number of hydrogen-bond donors (Lipinski definition) is 7. The lowest BCUT2D eigenvalue weighted by atomic mass is 10.0. The number of hydrogen-bond acceptors (Lipinski definition) is 13. The Morgan fingerprint density at radius 2 is 1.13 bits per heavy atom. The second-order valence-corrected chi connectivity index (χ2v) is 16.0. The van der Waals surface area contributed by atoms with Gasteiger partial charge in [-0.05, 0) is 31.2 Å². The highest BCUT2D eigenvalue weighted by molar-refractivity contribution is 7.85. The topological polar surface area (TPSA) is 265 Å². The van der Waals surface area contributed by atoms with Crippen molar-refractivity contribution in [2.75, 3.05) is 71.7 Å². The van der Waals surface area contributed by atoms with Crippen LogP contribution in [-0.4, -0.2) is 137 Å². The Labute approximate surface area is 355 Å². The molecule has 1 unspecified atom stereocenters. The average molecular weight is 875 g/mol. The van der Waals surface area contributed by atoms with Crippen molar-refractivity contribution in [1.82, 2.24) is 21.3 Å².